The summed E-state index contributed by atoms with van der Waals surface area (Å²) in [5.74, 6) is 0.789. The van der Waals surface area contributed by atoms with E-state index >= 15 is 0 Å². The Balaban J connectivity index is 2.36. The maximum atomic E-state index is 6.36. The van der Waals surface area contributed by atoms with Gasteiger partial charge in [-0.1, -0.05) is 25.4 Å². The third-order valence-corrected chi connectivity index (χ3v) is 4.11. The lowest BCUT2D eigenvalue weighted by Crippen LogP contribution is -2.32. The monoisotopic (exact) mass is 253 g/mol. The van der Waals surface area contributed by atoms with Crippen LogP contribution in [0, 0.1) is 0 Å². The second kappa shape index (κ2) is 5.18. The van der Waals surface area contributed by atoms with Gasteiger partial charge in [-0.3, -0.25) is 0 Å². The van der Waals surface area contributed by atoms with Crippen LogP contribution in [0.1, 0.15) is 32.3 Å². The fraction of sp³-hybridized carbons (Fsp3) is 0.571. The molecule has 0 saturated carbocycles. The first-order chi connectivity index (χ1) is 8.22. The van der Waals surface area contributed by atoms with Crippen molar-refractivity contribution in [3.63, 3.8) is 0 Å². The molecule has 17 heavy (non-hydrogen) atoms. The Morgan fingerprint density at radius 2 is 2.06 bits per heavy atom. The van der Waals surface area contributed by atoms with E-state index in [1.54, 1.807) is 7.11 Å². The second-order valence-electron chi connectivity index (χ2n) is 4.49. The SMILES string of the molecule is CCC(CC)N1CCc2c1ccc(OC)c2Cl. The zero-order valence-corrected chi connectivity index (χ0v) is 11.5. The highest BCUT2D eigenvalue weighted by molar-refractivity contribution is 6.33. The van der Waals surface area contributed by atoms with Gasteiger partial charge < -0.3 is 9.64 Å². The topological polar surface area (TPSA) is 12.5 Å². The molecular weight excluding hydrogens is 234 g/mol. The zero-order valence-electron chi connectivity index (χ0n) is 10.8. The molecule has 0 aromatic heterocycles. The average Bonchev–Trinajstić information content (AvgIpc) is 2.76. The maximum absolute atomic E-state index is 6.36. The van der Waals surface area contributed by atoms with Crippen LogP contribution in [0.15, 0.2) is 12.1 Å². The number of ether oxygens (including phenoxy) is 1. The van der Waals surface area contributed by atoms with Crippen molar-refractivity contribution in [2.45, 2.75) is 39.2 Å². The predicted molar refractivity (Wildman–Crippen MR) is 73.4 cm³/mol. The molecule has 0 amide bonds. The maximum Gasteiger partial charge on any atom is 0.137 e. The van der Waals surface area contributed by atoms with Gasteiger partial charge in [0, 0.05) is 18.3 Å². The van der Waals surface area contributed by atoms with Crippen LogP contribution in [0.25, 0.3) is 0 Å². The average molecular weight is 254 g/mol. The molecule has 0 N–H and O–H groups in total. The minimum absolute atomic E-state index is 0.626. The smallest absolute Gasteiger partial charge is 0.137 e. The summed E-state index contributed by atoms with van der Waals surface area (Å²) in [6.07, 6.45) is 3.39. The summed E-state index contributed by atoms with van der Waals surface area (Å²) in [4.78, 5) is 2.49. The van der Waals surface area contributed by atoms with Gasteiger partial charge in [0.1, 0.15) is 5.75 Å². The van der Waals surface area contributed by atoms with Gasteiger partial charge in [-0.2, -0.15) is 0 Å². The summed E-state index contributed by atoms with van der Waals surface area (Å²) in [5, 5.41) is 0.790. The molecule has 1 aromatic rings. The lowest BCUT2D eigenvalue weighted by atomic mass is 10.1. The van der Waals surface area contributed by atoms with Crippen molar-refractivity contribution in [3.05, 3.63) is 22.7 Å². The Morgan fingerprint density at radius 1 is 1.35 bits per heavy atom. The third-order valence-electron chi connectivity index (χ3n) is 3.70. The number of nitrogens with zero attached hydrogens (tertiary/aromatic N) is 1. The first-order valence-corrected chi connectivity index (χ1v) is 6.72. The molecule has 0 bridgehead atoms. The summed E-state index contributed by atoms with van der Waals surface area (Å²) in [6, 6.07) is 4.74. The van der Waals surface area contributed by atoms with Crippen LogP contribution in [0.2, 0.25) is 5.02 Å². The van der Waals surface area contributed by atoms with Crippen LogP contribution >= 0.6 is 11.6 Å². The quantitative estimate of drug-likeness (QED) is 0.807. The van der Waals surface area contributed by atoms with Crippen molar-refractivity contribution in [2.75, 3.05) is 18.6 Å². The molecule has 0 aliphatic carbocycles. The predicted octanol–water partition coefficient (Wildman–Crippen LogP) is 3.90. The molecule has 0 spiro atoms. The molecule has 0 saturated heterocycles. The van der Waals surface area contributed by atoms with Gasteiger partial charge >= 0.3 is 0 Å². The Morgan fingerprint density at radius 3 is 2.65 bits per heavy atom. The van der Waals surface area contributed by atoms with Gasteiger partial charge in [-0.25, -0.2) is 0 Å². The van der Waals surface area contributed by atoms with Crippen molar-refractivity contribution in [1.82, 2.24) is 0 Å². The Hall–Kier alpha value is -0.890. The number of halogens is 1. The van der Waals surface area contributed by atoms with Crippen molar-refractivity contribution in [1.29, 1.82) is 0 Å². The van der Waals surface area contributed by atoms with E-state index in [9.17, 15) is 0 Å². The van der Waals surface area contributed by atoms with Crippen LogP contribution in [0.3, 0.4) is 0 Å². The molecular formula is C14H20ClNO. The highest BCUT2D eigenvalue weighted by Crippen LogP contribution is 2.40. The van der Waals surface area contributed by atoms with E-state index in [4.69, 9.17) is 16.3 Å². The van der Waals surface area contributed by atoms with Gasteiger partial charge in [0.25, 0.3) is 0 Å². The number of fused-ring (bicyclic) bond motifs is 1. The summed E-state index contributed by atoms with van der Waals surface area (Å²) >= 11 is 6.36. The fourth-order valence-electron chi connectivity index (χ4n) is 2.72. The molecule has 0 radical (unpaired) electrons. The Kier molecular flexibility index (Phi) is 3.82. The highest BCUT2D eigenvalue weighted by Gasteiger charge is 2.26. The number of methoxy groups -OCH3 is 1. The van der Waals surface area contributed by atoms with E-state index in [2.05, 4.69) is 24.8 Å². The highest BCUT2D eigenvalue weighted by atomic mass is 35.5. The number of rotatable bonds is 4. The van der Waals surface area contributed by atoms with Crippen molar-refractivity contribution in [3.8, 4) is 5.75 Å². The fourth-order valence-corrected chi connectivity index (χ4v) is 3.05. The van der Waals surface area contributed by atoms with Gasteiger partial charge in [0.05, 0.1) is 12.1 Å². The molecule has 0 atom stereocenters. The molecule has 0 unspecified atom stereocenters. The van der Waals surface area contributed by atoms with Crippen LogP contribution in [-0.2, 0) is 6.42 Å². The summed E-state index contributed by atoms with van der Waals surface area (Å²) in [5.41, 5.74) is 2.54. The van der Waals surface area contributed by atoms with E-state index < -0.39 is 0 Å². The largest absolute Gasteiger partial charge is 0.495 e. The normalized spacial score (nSPS) is 14.3. The first kappa shape index (κ1) is 12.6. The van der Waals surface area contributed by atoms with Crippen LogP contribution in [-0.4, -0.2) is 19.7 Å². The Labute approximate surface area is 109 Å². The number of benzene rings is 1. The minimum atomic E-state index is 0.626. The van der Waals surface area contributed by atoms with E-state index in [-0.39, 0.29) is 0 Å². The van der Waals surface area contributed by atoms with E-state index in [1.165, 1.54) is 24.1 Å². The van der Waals surface area contributed by atoms with Gasteiger partial charge in [-0.05, 0) is 37.0 Å². The van der Waals surface area contributed by atoms with E-state index in [0.717, 1.165) is 23.7 Å². The van der Waals surface area contributed by atoms with Crippen LogP contribution < -0.4 is 9.64 Å². The summed E-state index contributed by atoms with van der Waals surface area (Å²) in [6.45, 7) is 5.57. The molecule has 94 valence electrons. The lowest BCUT2D eigenvalue weighted by Gasteiger charge is -2.28. The number of hydrogen-bond acceptors (Lipinski definition) is 2. The molecule has 3 heteroatoms. The third kappa shape index (κ3) is 2.11. The molecule has 1 heterocycles. The first-order valence-electron chi connectivity index (χ1n) is 6.34. The number of hydrogen-bond donors (Lipinski definition) is 0. The van der Waals surface area contributed by atoms with Crippen LogP contribution in [0.4, 0.5) is 5.69 Å². The lowest BCUT2D eigenvalue weighted by molar-refractivity contribution is 0.414. The van der Waals surface area contributed by atoms with Gasteiger partial charge in [0.2, 0.25) is 0 Å². The van der Waals surface area contributed by atoms with Crippen molar-refractivity contribution < 1.29 is 4.74 Å². The molecule has 2 nitrogen and oxygen atoms in total. The van der Waals surface area contributed by atoms with E-state index in [0.29, 0.717) is 6.04 Å². The van der Waals surface area contributed by atoms with Gasteiger partial charge in [0.15, 0.2) is 0 Å². The summed E-state index contributed by atoms with van der Waals surface area (Å²) < 4.78 is 5.27. The molecule has 2 rings (SSSR count). The zero-order chi connectivity index (χ0) is 12.4. The second-order valence-corrected chi connectivity index (χ2v) is 4.87. The molecule has 1 aliphatic rings. The minimum Gasteiger partial charge on any atom is -0.495 e. The number of anilines is 1. The standard InChI is InChI=1S/C14H20ClNO/c1-4-10(5-2)16-9-8-11-12(16)6-7-13(17-3)14(11)15/h6-7,10H,4-5,8-9H2,1-3H3. The van der Waals surface area contributed by atoms with Crippen molar-refractivity contribution in [2.24, 2.45) is 0 Å². The molecule has 1 aromatic carbocycles. The molecule has 0 fully saturated rings. The van der Waals surface area contributed by atoms with Gasteiger partial charge in [-0.15, -0.1) is 0 Å². The molecule has 1 aliphatic heterocycles. The van der Waals surface area contributed by atoms with E-state index in [1.807, 2.05) is 6.07 Å². The summed E-state index contributed by atoms with van der Waals surface area (Å²) in [7, 11) is 1.67. The van der Waals surface area contributed by atoms with Crippen molar-refractivity contribution >= 4 is 17.3 Å². The van der Waals surface area contributed by atoms with Crippen LogP contribution in [0.5, 0.6) is 5.75 Å². The Bertz CT molecular complexity index is 401.